The SMILES string of the molecule is C[S+](C)CCOC(=O)c1ccc2c(c1)N(CC(=O)OC(C)(C)C)C(=O)c1c(OCC(=O)OC(C)(C)C)cccc1O2. The summed E-state index contributed by atoms with van der Waals surface area (Å²) in [7, 11) is 0.104. The Kier molecular flexibility index (Phi) is 9.96. The summed E-state index contributed by atoms with van der Waals surface area (Å²) in [6.45, 7) is 9.69. The minimum absolute atomic E-state index is 0.00197. The van der Waals surface area contributed by atoms with E-state index in [1.165, 1.54) is 29.2 Å². The van der Waals surface area contributed by atoms with Crippen molar-refractivity contribution in [1.29, 1.82) is 0 Å². The summed E-state index contributed by atoms with van der Waals surface area (Å²) in [6, 6.07) is 9.22. The molecule has 0 aromatic heterocycles. The zero-order chi connectivity index (χ0) is 30.5. The molecule has 41 heavy (non-hydrogen) atoms. The molecular formula is C30H38NO9S+. The van der Waals surface area contributed by atoms with Crippen LogP contribution in [0.5, 0.6) is 17.2 Å². The van der Waals surface area contributed by atoms with Crippen LogP contribution in [0.4, 0.5) is 5.69 Å². The van der Waals surface area contributed by atoms with Gasteiger partial charge in [-0.15, -0.1) is 0 Å². The van der Waals surface area contributed by atoms with E-state index in [2.05, 4.69) is 12.5 Å². The van der Waals surface area contributed by atoms with Gasteiger partial charge in [0.2, 0.25) is 0 Å². The molecule has 1 heterocycles. The fourth-order valence-corrected chi connectivity index (χ4v) is 4.20. The van der Waals surface area contributed by atoms with Crippen molar-refractivity contribution in [2.75, 3.05) is 42.9 Å². The molecule has 0 radical (unpaired) electrons. The normalized spacial score (nSPS) is 13.0. The van der Waals surface area contributed by atoms with E-state index >= 15 is 0 Å². The monoisotopic (exact) mass is 588 g/mol. The molecule has 222 valence electrons. The van der Waals surface area contributed by atoms with E-state index in [0.717, 1.165) is 5.75 Å². The smallest absolute Gasteiger partial charge is 0.344 e. The predicted octanol–water partition coefficient (Wildman–Crippen LogP) is 4.54. The lowest BCUT2D eigenvalue weighted by Gasteiger charge is -2.25. The summed E-state index contributed by atoms with van der Waals surface area (Å²) in [5.41, 5.74) is -1.15. The molecule has 0 spiro atoms. The number of hydrogen-bond donors (Lipinski definition) is 0. The maximum absolute atomic E-state index is 14.0. The minimum Gasteiger partial charge on any atom is -0.481 e. The lowest BCUT2D eigenvalue weighted by molar-refractivity contribution is -0.157. The molecule has 1 aliphatic heterocycles. The van der Waals surface area contributed by atoms with Crippen LogP contribution < -0.4 is 14.4 Å². The van der Waals surface area contributed by atoms with E-state index in [0.29, 0.717) is 0 Å². The van der Waals surface area contributed by atoms with Crippen LogP contribution in [0.1, 0.15) is 62.3 Å². The number of amides is 1. The Balaban J connectivity index is 2.00. The number of carbonyl (C=O) groups excluding carboxylic acids is 4. The topological polar surface area (TPSA) is 118 Å². The van der Waals surface area contributed by atoms with E-state index in [4.69, 9.17) is 23.7 Å². The maximum Gasteiger partial charge on any atom is 0.344 e. The molecule has 10 nitrogen and oxygen atoms in total. The van der Waals surface area contributed by atoms with Crippen molar-refractivity contribution in [2.45, 2.75) is 52.7 Å². The van der Waals surface area contributed by atoms with E-state index in [1.54, 1.807) is 53.7 Å². The standard InChI is InChI=1S/C30H38NO9S/c1-29(2,3)39-24(32)17-31-20-16-19(28(35)36-14-15-41(7)8)12-13-21(20)38-23-11-9-10-22(26(23)27(31)34)37-18-25(33)40-30(4,5)6/h9-13,16H,14-15,17-18H2,1-8H3/q+1. The Labute approximate surface area is 243 Å². The van der Waals surface area contributed by atoms with E-state index < -0.39 is 48.2 Å². The third-order valence-electron chi connectivity index (χ3n) is 5.35. The molecule has 1 aliphatic rings. The van der Waals surface area contributed by atoms with Crippen LogP contribution in [0.25, 0.3) is 0 Å². The van der Waals surface area contributed by atoms with Gasteiger partial charge in [-0.3, -0.25) is 14.5 Å². The third kappa shape index (κ3) is 9.14. The number of hydrogen-bond acceptors (Lipinski definition) is 9. The second-order valence-corrected chi connectivity index (χ2v) is 14.0. The number of ether oxygens (including phenoxy) is 5. The molecule has 0 saturated heterocycles. The molecule has 0 aliphatic carbocycles. The molecule has 1 amide bonds. The van der Waals surface area contributed by atoms with Crippen molar-refractivity contribution in [3.8, 4) is 17.2 Å². The van der Waals surface area contributed by atoms with Gasteiger partial charge in [-0.05, 0) is 82.8 Å². The van der Waals surface area contributed by atoms with Crippen molar-refractivity contribution < 1.29 is 42.9 Å². The number of anilines is 1. The van der Waals surface area contributed by atoms with Crippen LogP contribution in [0.3, 0.4) is 0 Å². The van der Waals surface area contributed by atoms with Crippen LogP contribution in [-0.4, -0.2) is 73.0 Å². The molecule has 2 aromatic carbocycles. The number of esters is 3. The highest BCUT2D eigenvalue weighted by molar-refractivity contribution is 7.95. The maximum atomic E-state index is 14.0. The second kappa shape index (κ2) is 12.8. The molecular weight excluding hydrogens is 550 g/mol. The average molecular weight is 589 g/mol. The van der Waals surface area contributed by atoms with Crippen molar-refractivity contribution >= 4 is 40.4 Å². The zero-order valence-corrected chi connectivity index (χ0v) is 25.6. The Morgan fingerprint density at radius 3 is 2.20 bits per heavy atom. The minimum atomic E-state index is -0.798. The first-order valence-corrected chi connectivity index (χ1v) is 15.3. The third-order valence-corrected chi connectivity index (χ3v) is 6.33. The summed E-state index contributed by atoms with van der Waals surface area (Å²) in [5, 5.41) is 0. The number of carbonyl (C=O) groups is 4. The van der Waals surface area contributed by atoms with Crippen molar-refractivity contribution in [1.82, 2.24) is 0 Å². The van der Waals surface area contributed by atoms with Crippen LogP contribution in [0, 0.1) is 0 Å². The Hall–Kier alpha value is -3.73. The van der Waals surface area contributed by atoms with Gasteiger partial charge < -0.3 is 23.7 Å². The fourth-order valence-electron chi connectivity index (χ4n) is 3.78. The highest BCUT2D eigenvalue weighted by Gasteiger charge is 2.34. The zero-order valence-electron chi connectivity index (χ0n) is 24.8. The number of nitrogens with zero attached hydrogens (tertiary/aromatic N) is 1. The van der Waals surface area contributed by atoms with Gasteiger partial charge in [0.05, 0.1) is 23.8 Å². The van der Waals surface area contributed by atoms with Gasteiger partial charge in [0, 0.05) is 0 Å². The molecule has 0 unspecified atom stereocenters. The lowest BCUT2D eigenvalue weighted by Crippen LogP contribution is -2.39. The highest BCUT2D eigenvalue weighted by atomic mass is 32.2. The predicted molar refractivity (Wildman–Crippen MR) is 156 cm³/mol. The van der Waals surface area contributed by atoms with E-state index in [-0.39, 0.29) is 51.6 Å². The molecule has 2 aromatic rings. The first-order chi connectivity index (χ1) is 19.0. The molecule has 0 atom stereocenters. The van der Waals surface area contributed by atoms with Gasteiger partial charge in [0.1, 0.15) is 47.2 Å². The van der Waals surface area contributed by atoms with Gasteiger partial charge in [-0.25, -0.2) is 9.59 Å². The number of benzene rings is 2. The van der Waals surface area contributed by atoms with Crippen LogP contribution >= 0.6 is 0 Å². The molecule has 3 rings (SSSR count). The van der Waals surface area contributed by atoms with Crippen molar-refractivity contribution in [2.24, 2.45) is 0 Å². The highest BCUT2D eigenvalue weighted by Crippen LogP contribution is 2.42. The van der Waals surface area contributed by atoms with E-state index in [1.807, 2.05) is 0 Å². The summed E-state index contributed by atoms with van der Waals surface area (Å²) >= 11 is 0. The van der Waals surface area contributed by atoms with E-state index in [9.17, 15) is 19.2 Å². The summed E-state index contributed by atoms with van der Waals surface area (Å²) in [4.78, 5) is 53.2. The van der Waals surface area contributed by atoms with Crippen LogP contribution in [-0.2, 0) is 34.7 Å². The van der Waals surface area contributed by atoms with Gasteiger partial charge >= 0.3 is 17.9 Å². The summed E-state index contributed by atoms with van der Waals surface area (Å²) < 4.78 is 28.0. The molecule has 11 heteroatoms. The Morgan fingerprint density at radius 2 is 1.56 bits per heavy atom. The molecule has 0 N–H and O–H groups in total. The molecule has 0 fully saturated rings. The quantitative estimate of drug-likeness (QED) is 0.236. The van der Waals surface area contributed by atoms with Gasteiger partial charge in [-0.1, -0.05) is 6.07 Å². The lowest BCUT2D eigenvalue weighted by atomic mass is 10.1. The van der Waals surface area contributed by atoms with Gasteiger partial charge in [0.15, 0.2) is 12.4 Å². The first-order valence-electron chi connectivity index (χ1n) is 13.1. The van der Waals surface area contributed by atoms with Crippen molar-refractivity contribution in [3.05, 3.63) is 47.5 Å². The number of fused-ring (bicyclic) bond motifs is 2. The van der Waals surface area contributed by atoms with Crippen LogP contribution in [0.2, 0.25) is 0 Å². The molecule has 0 bridgehead atoms. The fraction of sp³-hybridized carbons (Fsp3) is 0.467. The Bertz CT molecular complexity index is 1310. The first kappa shape index (κ1) is 31.8. The average Bonchev–Trinajstić information content (AvgIpc) is 2.94. The number of rotatable bonds is 9. The summed E-state index contributed by atoms with van der Waals surface area (Å²) in [5.74, 6) is -1.32. The Morgan fingerprint density at radius 1 is 0.902 bits per heavy atom. The largest absolute Gasteiger partial charge is 0.481 e. The van der Waals surface area contributed by atoms with Crippen molar-refractivity contribution in [3.63, 3.8) is 0 Å². The van der Waals surface area contributed by atoms with Gasteiger partial charge in [-0.2, -0.15) is 0 Å². The molecule has 0 saturated carbocycles. The van der Waals surface area contributed by atoms with Gasteiger partial charge in [0.25, 0.3) is 5.91 Å². The summed E-state index contributed by atoms with van der Waals surface area (Å²) in [6.07, 6.45) is 4.10. The van der Waals surface area contributed by atoms with Crippen LogP contribution in [0.15, 0.2) is 36.4 Å². The second-order valence-electron chi connectivity index (χ2n) is 11.6.